The molecule has 1 aliphatic carbocycles. The van der Waals surface area contributed by atoms with Crippen molar-refractivity contribution in [3.05, 3.63) is 35.5 Å². The highest BCUT2D eigenvalue weighted by molar-refractivity contribution is 14.0. The van der Waals surface area contributed by atoms with E-state index in [-0.39, 0.29) is 24.0 Å². The topological polar surface area (TPSA) is 52.2 Å². The van der Waals surface area contributed by atoms with Gasteiger partial charge in [-0.15, -0.1) is 24.0 Å². The second-order valence-electron chi connectivity index (χ2n) is 6.80. The van der Waals surface area contributed by atoms with Gasteiger partial charge in [0.05, 0.1) is 0 Å². The van der Waals surface area contributed by atoms with Crippen molar-refractivity contribution >= 4 is 52.6 Å². The summed E-state index contributed by atoms with van der Waals surface area (Å²) >= 11 is 1.99. The number of para-hydroxylation sites is 1. The van der Waals surface area contributed by atoms with E-state index in [4.69, 9.17) is 4.99 Å². The Morgan fingerprint density at radius 1 is 1.31 bits per heavy atom. The number of aryl methyl sites for hydroxylation is 1. The smallest absolute Gasteiger partial charge is 0.191 e. The molecule has 0 saturated heterocycles. The van der Waals surface area contributed by atoms with Crippen molar-refractivity contribution in [2.45, 2.75) is 50.8 Å². The first-order chi connectivity index (χ1) is 12.2. The molecule has 2 atom stereocenters. The van der Waals surface area contributed by atoms with Gasteiger partial charge in [0.25, 0.3) is 0 Å². The van der Waals surface area contributed by atoms with Gasteiger partial charge in [0.15, 0.2) is 5.96 Å². The number of aromatic amines is 1. The van der Waals surface area contributed by atoms with Gasteiger partial charge in [-0.05, 0) is 57.4 Å². The first-order valence-corrected chi connectivity index (χ1v) is 10.6. The number of nitrogens with zero attached hydrogens (tertiary/aromatic N) is 1. The number of hydrogen-bond donors (Lipinski definition) is 3. The van der Waals surface area contributed by atoms with E-state index in [1.54, 1.807) is 0 Å². The summed E-state index contributed by atoms with van der Waals surface area (Å²) in [6, 6.07) is 9.09. The lowest BCUT2D eigenvalue weighted by molar-refractivity contribution is 0.615. The van der Waals surface area contributed by atoms with Gasteiger partial charge < -0.3 is 15.6 Å². The highest BCUT2D eigenvalue weighted by Crippen LogP contribution is 2.28. The molecule has 144 valence electrons. The molecule has 4 nitrogen and oxygen atoms in total. The fourth-order valence-corrected chi connectivity index (χ4v) is 4.53. The molecular weight excluding hydrogens is 455 g/mol. The fourth-order valence-electron chi connectivity index (χ4n) is 3.74. The first-order valence-electron chi connectivity index (χ1n) is 9.35. The maximum absolute atomic E-state index is 4.82. The predicted molar refractivity (Wildman–Crippen MR) is 126 cm³/mol. The van der Waals surface area contributed by atoms with E-state index in [1.807, 2.05) is 11.8 Å². The molecule has 3 rings (SSSR count). The highest BCUT2D eigenvalue weighted by atomic mass is 127. The van der Waals surface area contributed by atoms with Crippen LogP contribution in [0.1, 0.15) is 37.4 Å². The number of aliphatic imine (C=N–C) groups is 1. The summed E-state index contributed by atoms with van der Waals surface area (Å²) in [7, 11) is 0. The molecule has 1 aliphatic rings. The van der Waals surface area contributed by atoms with Crippen molar-refractivity contribution in [3.63, 3.8) is 0 Å². The summed E-state index contributed by atoms with van der Waals surface area (Å²) in [5.41, 5.74) is 3.87. The molecular formula is C20H31IN4S. The molecule has 3 N–H and O–H groups in total. The Kier molecular flexibility index (Phi) is 8.60. The third kappa shape index (κ3) is 5.31. The Labute approximate surface area is 178 Å². The van der Waals surface area contributed by atoms with Crippen LogP contribution in [0.2, 0.25) is 0 Å². The number of rotatable bonds is 6. The predicted octanol–water partition coefficient (Wildman–Crippen LogP) is 4.48. The molecule has 0 aliphatic heterocycles. The average molecular weight is 486 g/mol. The summed E-state index contributed by atoms with van der Waals surface area (Å²) in [5, 5.41) is 9.16. The molecule has 26 heavy (non-hydrogen) atoms. The minimum absolute atomic E-state index is 0. The molecule has 0 radical (unpaired) electrons. The molecule has 6 heteroatoms. The summed E-state index contributed by atoms with van der Waals surface area (Å²) in [6.45, 7) is 5.98. The van der Waals surface area contributed by atoms with E-state index in [9.17, 15) is 0 Å². The monoisotopic (exact) mass is 486 g/mol. The van der Waals surface area contributed by atoms with Crippen LogP contribution in [0.4, 0.5) is 0 Å². The van der Waals surface area contributed by atoms with E-state index in [1.165, 1.54) is 41.4 Å². The first kappa shape index (κ1) is 21.4. The van der Waals surface area contributed by atoms with Crippen LogP contribution in [0.15, 0.2) is 29.3 Å². The van der Waals surface area contributed by atoms with E-state index < -0.39 is 0 Å². The minimum atomic E-state index is 0. The number of benzene rings is 1. The molecule has 2 aromatic rings. The van der Waals surface area contributed by atoms with Gasteiger partial charge in [0.2, 0.25) is 0 Å². The maximum Gasteiger partial charge on any atom is 0.191 e. The van der Waals surface area contributed by atoms with Gasteiger partial charge in [0, 0.05) is 41.0 Å². The molecule has 1 aromatic carbocycles. The minimum Gasteiger partial charge on any atom is -0.358 e. The van der Waals surface area contributed by atoms with Crippen molar-refractivity contribution < 1.29 is 0 Å². The average Bonchev–Trinajstić information content (AvgIpc) is 3.19. The van der Waals surface area contributed by atoms with Gasteiger partial charge in [-0.3, -0.25) is 4.99 Å². The Morgan fingerprint density at radius 3 is 2.85 bits per heavy atom. The normalized spacial score (nSPS) is 20.2. The van der Waals surface area contributed by atoms with Crippen LogP contribution in [0.3, 0.4) is 0 Å². The number of guanidine groups is 1. The zero-order chi connectivity index (χ0) is 17.6. The van der Waals surface area contributed by atoms with Crippen molar-refractivity contribution in [1.29, 1.82) is 0 Å². The highest BCUT2D eigenvalue weighted by Gasteiger charge is 2.24. The van der Waals surface area contributed by atoms with Gasteiger partial charge in [-0.25, -0.2) is 0 Å². The number of aromatic nitrogens is 1. The third-order valence-electron chi connectivity index (χ3n) is 5.06. The van der Waals surface area contributed by atoms with Crippen LogP contribution >= 0.6 is 35.7 Å². The van der Waals surface area contributed by atoms with Crippen molar-refractivity contribution in [2.75, 3.05) is 19.3 Å². The van der Waals surface area contributed by atoms with Crippen LogP contribution in [0.5, 0.6) is 0 Å². The largest absolute Gasteiger partial charge is 0.358 e. The number of H-pyrrole nitrogens is 1. The summed E-state index contributed by atoms with van der Waals surface area (Å²) in [6.07, 6.45) is 6.98. The standard InChI is InChI=1S/C20H30N4S.HI/c1-4-21-20(24-15-9-10-16(13-15)25-3)22-12-11-17-14(2)23-19-8-6-5-7-18(17)19;/h5-8,15-16,23H,4,9-13H2,1-3H3,(H2,21,22,24);1H. The molecule has 1 aromatic heterocycles. The second-order valence-corrected chi connectivity index (χ2v) is 7.93. The van der Waals surface area contributed by atoms with E-state index >= 15 is 0 Å². The fraction of sp³-hybridized carbons (Fsp3) is 0.550. The van der Waals surface area contributed by atoms with Gasteiger partial charge in [-0.2, -0.15) is 11.8 Å². The Morgan fingerprint density at radius 2 is 2.12 bits per heavy atom. The Balaban J connectivity index is 0.00000243. The molecule has 0 bridgehead atoms. The van der Waals surface area contributed by atoms with Gasteiger partial charge in [0.1, 0.15) is 0 Å². The number of fused-ring (bicyclic) bond motifs is 1. The second kappa shape index (κ2) is 10.4. The van der Waals surface area contributed by atoms with E-state index in [2.05, 4.69) is 60.0 Å². The van der Waals surface area contributed by atoms with Crippen LogP contribution in [-0.4, -0.2) is 41.6 Å². The lowest BCUT2D eigenvalue weighted by Crippen LogP contribution is -2.42. The molecule has 1 heterocycles. The van der Waals surface area contributed by atoms with Crippen LogP contribution in [-0.2, 0) is 6.42 Å². The number of thioether (sulfide) groups is 1. The van der Waals surface area contributed by atoms with Crippen molar-refractivity contribution in [3.8, 4) is 0 Å². The molecule has 0 amide bonds. The molecule has 0 spiro atoms. The van der Waals surface area contributed by atoms with Gasteiger partial charge in [-0.1, -0.05) is 18.2 Å². The summed E-state index contributed by atoms with van der Waals surface area (Å²) in [5.74, 6) is 0.965. The zero-order valence-electron chi connectivity index (χ0n) is 16.0. The zero-order valence-corrected chi connectivity index (χ0v) is 19.1. The SMILES string of the molecule is CCNC(=NCCc1c(C)[nH]c2ccccc12)NC1CCC(SC)C1.I. The van der Waals surface area contributed by atoms with Crippen LogP contribution in [0.25, 0.3) is 10.9 Å². The quantitative estimate of drug-likeness (QED) is 0.321. The van der Waals surface area contributed by atoms with Crippen molar-refractivity contribution in [2.24, 2.45) is 4.99 Å². The Hall–Kier alpha value is -0.890. The lowest BCUT2D eigenvalue weighted by atomic mass is 10.1. The molecule has 1 fully saturated rings. The number of halogens is 1. The number of hydrogen-bond acceptors (Lipinski definition) is 2. The van der Waals surface area contributed by atoms with Crippen molar-refractivity contribution in [1.82, 2.24) is 15.6 Å². The van der Waals surface area contributed by atoms with E-state index in [0.717, 1.165) is 30.7 Å². The van der Waals surface area contributed by atoms with Gasteiger partial charge >= 0.3 is 0 Å². The van der Waals surface area contributed by atoms with Crippen LogP contribution in [0, 0.1) is 6.92 Å². The molecule has 1 saturated carbocycles. The third-order valence-corrected chi connectivity index (χ3v) is 6.16. The molecule has 2 unspecified atom stereocenters. The Bertz CT molecular complexity index is 728. The number of nitrogens with one attached hydrogen (secondary N) is 3. The maximum atomic E-state index is 4.82. The lowest BCUT2D eigenvalue weighted by Gasteiger charge is -2.17. The van der Waals surface area contributed by atoms with E-state index in [0.29, 0.717) is 6.04 Å². The summed E-state index contributed by atoms with van der Waals surface area (Å²) in [4.78, 5) is 8.30. The van der Waals surface area contributed by atoms with Crippen LogP contribution < -0.4 is 10.6 Å². The summed E-state index contributed by atoms with van der Waals surface area (Å²) < 4.78 is 0.